The van der Waals surface area contributed by atoms with Crippen molar-refractivity contribution >= 4 is 38.5 Å². The highest BCUT2D eigenvalue weighted by Crippen LogP contribution is 2.49. The monoisotopic (exact) mass is 1250 g/mol. The molecule has 0 aliphatic rings. The van der Waals surface area contributed by atoms with Crippen LogP contribution in [-0.2, 0) is 0 Å². The summed E-state index contributed by atoms with van der Waals surface area (Å²) in [7, 11) is 0. The van der Waals surface area contributed by atoms with E-state index in [9.17, 15) is 0 Å². The van der Waals surface area contributed by atoms with Gasteiger partial charge in [-0.05, 0) is 241 Å². The van der Waals surface area contributed by atoms with E-state index in [-0.39, 0.29) is 0 Å². The van der Waals surface area contributed by atoms with E-state index in [4.69, 9.17) is 4.99 Å². The Bertz CT molecular complexity index is 4990. The molecule has 0 spiro atoms. The van der Waals surface area contributed by atoms with Gasteiger partial charge in [-0.15, -0.1) is 0 Å². The molecule has 15 aromatic carbocycles. The first-order valence-electron chi connectivity index (χ1n) is 33.5. The zero-order chi connectivity index (χ0) is 67.0. The summed E-state index contributed by atoms with van der Waals surface area (Å²) in [6, 6.07) is 127. The van der Waals surface area contributed by atoms with E-state index in [1.54, 1.807) is 0 Å². The molecule has 0 aromatic heterocycles. The third-order valence-electron chi connectivity index (χ3n) is 18.0. The van der Waals surface area contributed by atoms with Crippen LogP contribution in [0.2, 0.25) is 0 Å². The Morgan fingerprint density at radius 1 is 0.227 bits per heavy atom. The summed E-state index contributed by atoms with van der Waals surface area (Å²) in [5.74, 6) is 0. The highest BCUT2D eigenvalue weighted by molar-refractivity contribution is 6.23. The van der Waals surface area contributed by atoms with E-state index in [1.807, 2.05) is 36.4 Å². The highest BCUT2D eigenvalue weighted by Gasteiger charge is 2.22. The summed E-state index contributed by atoms with van der Waals surface area (Å²) in [6.45, 7) is 18.9. The zero-order valence-electron chi connectivity index (χ0n) is 56.6. The number of benzene rings is 15. The summed E-state index contributed by atoms with van der Waals surface area (Å²) < 4.78 is 0. The van der Waals surface area contributed by atoms with E-state index in [0.29, 0.717) is 0 Å². The van der Waals surface area contributed by atoms with Crippen LogP contribution in [0.4, 0.5) is 5.69 Å². The maximum absolute atomic E-state index is 5.04. The molecule has 1 nitrogen and oxygen atoms in total. The van der Waals surface area contributed by atoms with Crippen molar-refractivity contribution in [3.05, 3.63) is 397 Å². The van der Waals surface area contributed by atoms with Crippen molar-refractivity contribution in [3.8, 4) is 89.0 Å². The van der Waals surface area contributed by atoms with Crippen molar-refractivity contribution in [2.45, 2.75) is 48.5 Å². The number of para-hydroxylation sites is 1. The molecule has 15 aromatic rings. The van der Waals surface area contributed by atoms with Crippen molar-refractivity contribution in [3.63, 3.8) is 0 Å². The van der Waals surface area contributed by atoms with Gasteiger partial charge >= 0.3 is 0 Å². The molecule has 470 valence electrons. The minimum atomic E-state index is 0.985. The van der Waals surface area contributed by atoms with Crippen LogP contribution in [0.1, 0.15) is 52.8 Å². The Hall–Kier alpha value is -11.8. The van der Waals surface area contributed by atoms with Gasteiger partial charge in [-0.1, -0.05) is 321 Å². The topological polar surface area (TPSA) is 12.4 Å². The molecule has 0 aliphatic heterocycles. The molecular weight excluding hydrogens is 1170 g/mol. The van der Waals surface area contributed by atoms with E-state index in [1.165, 1.54) is 99.4 Å². The first-order chi connectivity index (χ1) is 47.4. The van der Waals surface area contributed by atoms with Gasteiger partial charge in [0.05, 0.1) is 5.69 Å². The molecule has 0 saturated heterocycles. The quantitative estimate of drug-likeness (QED) is 0.0904. The second-order valence-corrected chi connectivity index (χ2v) is 25.1. The molecule has 0 bridgehead atoms. The van der Waals surface area contributed by atoms with Gasteiger partial charge in [-0.3, -0.25) is 4.99 Å². The van der Waals surface area contributed by atoms with Crippen molar-refractivity contribution in [2.24, 2.45) is 4.99 Å². The minimum absolute atomic E-state index is 0.985. The Morgan fingerprint density at radius 2 is 0.505 bits per heavy atom. The second-order valence-electron chi connectivity index (χ2n) is 25.1. The van der Waals surface area contributed by atoms with Crippen LogP contribution < -0.4 is 0 Å². The average Bonchev–Trinajstić information content (AvgIpc) is 0.723. The van der Waals surface area contributed by atoms with Gasteiger partial charge in [0.25, 0.3) is 0 Å². The predicted molar refractivity (Wildman–Crippen MR) is 421 cm³/mol. The molecule has 0 radical (unpaired) electrons. The zero-order valence-corrected chi connectivity index (χ0v) is 56.6. The van der Waals surface area contributed by atoms with Crippen LogP contribution in [-0.4, -0.2) is 5.71 Å². The van der Waals surface area contributed by atoms with Crippen LogP contribution in [0.5, 0.6) is 0 Å². The van der Waals surface area contributed by atoms with Gasteiger partial charge in [0.2, 0.25) is 0 Å². The van der Waals surface area contributed by atoms with Crippen LogP contribution in [0, 0.1) is 34.6 Å². The molecule has 0 atom stereocenters. The summed E-state index contributed by atoms with van der Waals surface area (Å²) >= 11 is 0. The molecule has 0 heterocycles. The van der Waals surface area contributed by atoms with Crippen LogP contribution in [0.15, 0.2) is 363 Å². The lowest BCUT2D eigenvalue weighted by atomic mass is 9.81. The Balaban J connectivity index is 0.000000345. The number of hydrogen-bond acceptors (Lipinski definition) is 1. The number of nitrogens with zero attached hydrogens (tertiary/aromatic N) is 1. The number of allylic oxidation sites excluding steroid dienone is 1. The van der Waals surface area contributed by atoms with Crippen LogP contribution >= 0.6 is 0 Å². The van der Waals surface area contributed by atoms with Crippen LogP contribution in [0.3, 0.4) is 0 Å². The van der Waals surface area contributed by atoms with Gasteiger partial charge in [0, 0.05) is 5.71 Å². The summed E-state index contributed by atoms with van der Waals surface area (Å²) in [4.78, 5) is 5.04. The Kier molecular flexibility index (Phi) is 20.9. The lowest BCUT2D eigenvalue weighted by Crippen LogP contribution is -1.95. The van der Waals surface area contributed by atoms with E-state index >= 15 is 0 Å². The smallest absolute Gasteiger partial charge is 0.0662 e. The third kappa shape index (κ3) is 16.1. The van der Waals surface area contributed by atoms with Gasteiger partial charge in [-0.2, -0.15) is 0 Å². The number of fused-ring (bicyclic) bond motifs is 2. The standard InChI is InChI=1S/C74H55N.C8H10.2C7H8/c1-49(2)52-29-33-58(34-30-52)60-37-39-68-70(47-60)73(66-43-62(54-20-9-5-10-21-54)41-63(44-66)55-22-11-6-12-23-55)69-40-38-61(59-35-31-53(32-36-59)51(4)75-72-28-18-17-19-50(72)3)48-71(69)74(68)67-45-64(56-24-13-7-14-25-56)42-65(46-67)57-26-15-8-16-27-57;1-7-5-3-4-6-8(7)2;2*1-7-5-3-2-4-6-7/h5-48H,1H2,2-4H3;3-6H,1-2H3;2*2-6H,1H3. The van der Waals surface area contributed by atoms with E-state index < -0.39 is 0 Å². The average molecular weight is 1250 g/mol. The Morgan fingerprint density at radius 3 is 0.814 bits per heavy atom. The predicted octanol–water partition coefficient (Wildman–Crippen LogP) is 27.1. The first kappa shape index (κ1) is 65.3. The number of rotatable bonds is 11. The molecular formula is C96H81N. The summed E-state index contributed by atoms with van der Waals surface area (Å²) in [5.41, 5.74) is 30.5. The molecule has 15 rings (SSSR count). The lowest BCUT2D eigenvalue weighted by Gasteiger charge is -2.22. The normalized spacial score (nSPS) is 10.9. The van der Waals surface area contributed by atoms with Gasteiger partial charge in [0.15, 0.2) is 0 Å². The second kappa shape index (κ2) is 31.0. The first-order valence-corrected chi connectivity index (χ1v) is 33.5. The number of aryl methyl sites for hydroxylation is 5. The molecule has 97 heavy (non-hydrogen) atoms. The number of aliphatic imine (C=N–C) groups is 1. The SMILES string of the molecule is C=C(C)c1ccc(-c2ccc3c(-c4cc(-c5ccccc5)cc(-c5ccccc5)c4)c4cc(-c5ccc(C(C)=Nc6ccccc6C)cc5)ccc4c(-c4cc(-c5ccccc5)cc(-c5ccccc5)c4)c3c2)cc1.Cc1ccccc1.Cc1ccccc1.Cc1ccccc1C. The van der Waals surface area contributed by atoms with Crippen molar-refractivity contribution in [2.75, 3.05) is 0 Å². The van der Waals surface area contributed by atoms with Crippen molar-refractivity contribution < 1.29 is 0 Å². The molecule has 0 saturated carbocycles. The molecule has 0 N–H and O–H groups in total. The fraction of sp³-hybridized carbons (Fsp3) is 0.0729. The third-order valence-corrected chi connectivity index (χ3v) is 18.0. The largest absolute Gasteiger partial charge is 0.253 e. The molecule has 0 aliphatic carbocycles. The fourth-order valence-corrected chi connectivity index (χ4v) is 12.5. The summed E-state index contributed by atoms with van der Waals surface area (Å²) in [5, 5.41) is 4.75. The van der Waals surface area contributed by atoms with Crippen LogP contribution in [0.25, 0.3) is 116 Å². The maximum Gasteiger partial charge on any atom is 0.0662 e. The van der Waals surface area contributed by atoms with Gasteiger partial charge < -0.3 is 0 Å². The Labute approximate surface area is 574 Å². The number of hydrogen-bond donors (Lipinski definition) is 0. The maximum atomic E-state index is 5.04. The molecule has 0 amide bonds. The molecule has 0 unspecified atom stereocenters. The van der Waals surface area contributed by atoms with Crippen molar-refractivity contribution in [1.82, 2.24) is 0 Å². The van der Waals surface area contributed by atoms with Crippen molar-refractivity contribution in [1.29, 1.82) is 0 Å². The lowest BCUT2D eigenvalue weighted by molar-refractivity contribution is 1.34. The fourth-order valence-electron chi connectivity index (χ4n) is 12.5. The van der Waals surface area contributed by atoms with E-state index in [0.717, 1.165) is 67.0 Å². The van der Waals surface area contributed by atoms with E-state index in [2.05, 4.69) is 370 Å². The van der Waals surface area contributed by atoms with Gasteiger partial charge in [0.1, 0.15) is 0 Å². The molecule has 1 heteroatoms. The van der Waals surface area contributed by atoms with Gasteiger partial charge in [-0.25, -0.2) is 0 Å². The highest BCUT2D eigenvalue weighted by atomic mass is 14.7. The minimum Gasteiger partial charge on any atom is -0.253 e. The molecule has 0 fully saturated rings. The summed E-state index contributed by atoms with van der Waals surface area (Å²) in [6.07, 6.45) is 0.